The number of benzene rings is 1. The lowest BCUT2D eigenvalue weighted by molar-refractivity contribution is 1.08. The van der Waals surface area contributed by atoms with Crippen molar-refractivity contribution in [2.75, 3.05) is 0 Å². The van der Waals surface area contributed by atoms with E-state index in [4.69, 9.17) is 4.98 Å². The second-order valence-electron chi connectivity index (χ2n) is 4.21. The van der Waals surface area contributed by atoms with E-state index in [1.165, 1.54) is 16.3 Å². The molecule has 2 heteroatoms. The Morgan fingerprint density at radius 1 is 1.12 bits per heavy atom. The van der Waals surface area contributed by atoms with Gasteiger partial charge in [0.05, 0.1) is 5.69 Å². The van der Waals surface area contributed by atoms with Crippen LogP contribution in [0.4, 0.5) is 0 Å². The van der Waals surface area contributed by atoms with Crippen LogP contribution in [0, 0.1) is 0 Å². The van der Waals surface area contributed by atoms with Crippen molar-refractivity contribution >= 4 is 22.5 Å². The summed E-state index contributed by atoms with van der Waals surface area (Å²) in [5.74, 6) is 0. The first-order valence-corrected chi connectivity index (χ1v) is 5.48. The van der Waals surface area contributed by atoms with Crippen molar-refractivity contribution in [1.82, 2.24) is 9.38 Å². The fourth-order valence-corrected chi connectivity index (χ4v) is 2.40. The fraction of sp³-hybridized carbons (Fsp3) is 0.0714. The highest BCUT2D eigenvalue weighted by Crippen LogP contribution is 2.24. The Labute approximate surface area is 92.9 Å². The largest absolute Gasteiger partial charge is 0.307 e. The first-order valence-electron chi connectivity index (χ1n) is 5.48. The summed E-state index contributed by atoms with van der Waals surface area (Å²) in [4.78, 5) is 4.72. The molecule has 1 aromatic carbocycles. The topological polar surface area (TPSA) is 17.3 Å². The normalized spacial score (nSPS) is 13.8. The third-order valence-corrected chi connectivity index (χ3v) is 3.19. The summed E-state index contributed by atoms with van der Waals surface area (Å²) in [7, 11) is 0. The molecule has 2 nitrogen and oxygen atoms in total. The number of hydrogen-bond acceptors (Lipinski definition) is 1. The molecule has 0 atom stereocenters. The number of hydrogen-bond donors (Lipinski definition) is 0. The molecule has 0 radical (unpaired) electrons. The zero-order chi connectivity index (χ0) is 10.5. The lowest BCUT2D eigenvalue weighted by Crippen LogP contribution is -1.93. The molecule has 0 spiro atoms. The van der Waals surface area contributed by atoms with E-state index >= 15 is 0 Å². The first-order chi connectivity index (χ1) is 7.92. The molecule has 0 amide bonds. The lowest BCUT2D eigenvalue weighted by atomic mass is 10.2. The van der Waals surface area contributed by atoms with Crippen molar-refractivity contribution in [3.05, 3.63) is 54.0 Å². The third-order valence-electron chi connectivity index (χ3n) is 3.19. The summed E-state index contributed by atoms with van der Waals surface area (Å²) in [6.45, 7) is 0. The van der Waals surface area contributed by atoms with Crippen molar-refractivity contribution in [2.45, 2.75) is 6.42 Å². The zero-order valence-electron chi connectivity index (χ0n) is 8.72. The molecule has 2 heterocycles. The van der Waals surface area contributed by atoms with E-state index in [-0.39, 0.29) is 0 Å². The van der Waals surface area contributed by atoms with E-state index < -0.39 is 0 Å². The molecule has 0 saturated heterocycles. The van der Waals surface area contributed by atoms with Crippen LogP contribution in [0.15, 0.2) is 42.7 Å². The summed E-state index contributed by atoms with van der Waals surface area (Å²) in [5, 5.41) is 2.48. The van der Waals surface area contributed by atoms with Crippen LogP contribution in [0.5, 0.6) is 0 Å². The highest BCUT2D eigenvalue weighted by molar-refractivity contribution is 5.95. The fourth-order valence-electron chi connectivity index (χ4n) is 2.40. The summed E-state index contributed by atoms with van der Waals surface area (Å²) in [6, 6.07) is 8.39. The van der Waals surface area contributed by atoms with Crippen molar-refractivity contribution in [3.63, 3.8) is 0 Å². The Hall–Kier alpha value is -2.09. The molecule has 0 fully saturated rings. The molecule has 0 unspecified atom stereocenters. The molecule has 2 aromatic heterocycles. The van der Waals surface area contributed by atoms with Crippen LogP contribution in [-0.2, 0) is 6.42 Å². The number of nitrogens with zero attached hydrogens (tertiary/aromatic N) is 2. The van der Waals surface area contributed by atoms with Crippen LogP contribution in [-0.4, -0.2) is 9.38 Å². The molecule has 0 bridgehead atoms. The molecule has 0 saturated carbocycles. The monoisotopic (exact) mass is 206 g/mol. The van der Waals surface area contributed by atoms with Crippen LogP contribution in [0.2, 0.25) is 0 Å². The van der Waals surface area contributed by atoms with Crippen molar-refractivity contribution in [3.8, 4) is 0 Å². The summed E-state index contributed by atoms with van der Waals surface area (Å²) < 4.78 is 2.14. The Morgan fingerprint density at radius 2 is 2.06 bits per heavy atom. The molecular weight excluding hydrogens is 196 g/mol. The van der Waals surface area contributed by atoms with Gasteiger partial charge >= 0.3 is 0 Å². The first kappa shape index (κ1) is 8.11. The van der Waals surface area contributed by atoms with E-state index in [0.29, 0.717) is 0 Å². The van der Waals surface area contributed by atoms with Crippen molar-refractivity contribution in [1.29, 1.82) is 0 Å². The summed E-state index contributed by atoms with van der Waals surface area (Å²) in [5.41, 5.74) is 3.49. The lowest BCUT2D eigenvalue weighted by Gasteiger charge is -2.00. The average molecular weight is 206 g/mol. The predicted molar refractivity (Wildman–Crippen MR) is 65.4 cm³/mol. The number of aromatic nitrogens is 2. The highest BCUT2D eigenvalue weighted by Gasteiger charge is 2.10. The average Bonchev–Trinajstić information content (AvgIpc) is 2.88. The number of allylic oxidation sites excluding steroid dienone is 1. The minimum atomic E-state index is 1.01. The van der Waals surface area contributed by atoms with Gasteiger partial charge < -0.3 is 4.40 Å². The molecule has 3 aromatic rings. The van der Waals surface area contributed by atoms with E-state index in [0.717, 1.165) is 17.8 Å². The van der Waals surface area contributed by atoms with Crippen LogP contribution < -0.4 is 0 Å². The number of fused-ring (bicyclic) bond motifs is 4. The molecule has 1 aliphatic rings. The second-order valence-corrected chi connectivity index (χ2v) is 4.21. The minimum absolute atomic E-state index is 1.01. The van der Waals surface area contributed by atoms with E-state index in [2.05, 4.69) is 53.2 Å². The SMILES string of the molecule is C1=Cc2nc3c4ccccc4cn3cc2C1. The summed E-state index contributed by atoms with van der Waals surface area (Å²) in [6.07, 6.45) is 9.62. The maximum atomic E-state index is 4.72. The van der Waals surface area contributed by atoms with Gasteiger partial charge in [0.2, 0.25) is 0 Å². The van der Waals surface area contributed by atoms with Gasteiger partial charge in [-0.25, -0.2) is 4.98 Å². The van der Waals surface area contributed by atoms with Crippen molar-refractivity contribution in [2.24, 2.45) is 0 Å². The molecule has 0 N–H and O–H groups in total. The third kappa shape index (κ3) is 0.936. The van der Waals surface area contributed by atoms with E-state index in [1.54, 1.807) is 0 Å². The Kier molecular flexibility index (Phi) is 1.38. The van der Waals surface area contributed by atoms with Gasteiger partial charge in [0.25, 0.3) is 0 Å². The molecular formula is C14H10N2. The molecule has 4 rings (SSSR count). The van der Waals surface area contributed by atoms with Gasteiger partial charge in [-0.05, 0) is 18.1 Å². The summed E-state index contributed by atoms with van der Waals surface area (Å²) >= 11 is 0. The quantitative estimate of drug-likeness (QED) is 0.552. The van der Waals surface area contributed by atoms with Crippen LogP contribution >= 0.6 is 0 Å². The molecule has 16 heavy (non-hydrogen) atoms. The van der Waals surface area contributed by atoms with Gasteiger partial charge in [0.1, 0.15) is 5.65 Å². The Bertz CT molecular complexity index is 735. The van der Waals surface area contributed by atoms with Gasteiger partial charge in [-0.15, -0.1) is 0 Å². The Balaban J connectivity index is 2.22. The minimum Gasteiger partial charge on any atom is -0.307 e. The standard InChI is InChI=1S/C14H10N2/c1-2-6-12-10(4-1)8-16-9-11-5-3-7-13(11)15-14(12)16/h1-4,6-9H,5H2. The maximum Gasteiger partial charge on any atom is 0.145 e. The smallest absolute Gasteiger partial charge is 0.145 e. The zero-order valence-corrected chi connectivity index (χ0v) is 8.72. The molecule has 1 aliphatic carbocycles. The predicted octanol–water partition coefficient (Wildman–Crippen LogP) is 3.06. The molecule has 0 aliphatic heterocycles. The highest BCUT2D eigenvalue weighted by atomic mass is 15.0. The van der Waals surface area contributed by atoms with E-state index in [9.17, 15) is 0 Å². The maximum absolute atomic E-state index is 4.72. The number of rotatable bonds is 0. The Morgan fingerprint density at radius 3 is 3.06 bits per heavy atom. The van der Waals surface area contributed by atoms with Gasteiger partial charge in [-0.2, -0.15) is 0 Å². The second kappa shape index (κ2) is 2.73. The van der Waals surface area contributed by atoms with Crippen LogP contribution in [0.25, 0.3) is 22.5 Å². The van der Waals surface area contributed by atoms with Gasteiger partial charge in [-0.3, -0.25) is 0 Å². The van der Waals surface area contributed by atoms with Crippen molar-refractivity contribution < 1.29 is 0 Å². The van der Waals surface area contributed by atoms with Gasteiger partial charge in [0, 0.05) is 23.2 Å². The van der Waals surface area contributed by atoms with Gasteiger partial charge in [-0.1, -0.05) is 30.3 Å². The molecule has 76 valence electrons. The van der Waals surface area contributed by atoms with Crippen LogP contribution in [0.1, 0.15) is 11.3 Å². The van der Waals surface area contributed by atoms with E-state index in [1.807, 2.05) is 0 Å². The van der Waals surface area contributed by atoms with Crippen LogP contribution in [0.3, 0.4) is 0 Å². The van der Waals surface area contributed by atoms with Gasteiger partial charge in [0.15, 0.2) is 0 Å².